The van der Waals surface area contributed by atoms with Gasteiger partial charge in [0.15, 0.2) is 0 Å². The molecule has 1 saturated heterocycles. The Hall–Kier alpha value is -3.68. The zero-order valence-corrected chi connectivity index (χ0v) is 17.3. The molecule has 2 aliphatic heterocycles. The number of carbonyl (C=O) groups is 2. The van der Waals surface area contributed by atoms with E-state index < -0.39 is 5.91 Å². The van der Waals surface area contributed by atoms with Crippen LogP contribution in [0.15, 0.2) is 30.5 Å². The van der Waals surface area contributed by atoms with Gasteiger partial charge >= 0.3 is 0 Å². The van der Waals surface area contributed by atoms with Crippen molar-refractivity contribution in [3.63, 3.8) is 0 Å². The summed E-state index contributed by atoms with van der Waals surface area (Å²) in [5.74, 6) is 0.126. The number of anilines is 2. The Morgan fingerprint density at radius 1 is 1.23 bits per heavy atom. The summed E-state index contributed by atoms with van der Waals surface area (Å²) >= 11 is 0. The van der Waals surface area contributed by atoms with E-state index in [9.17, 15) is 9.59 Å². The third kappa shape index (κ3) is 3.34. The first-order valence-electron chi connectivity index (χ1n) is 10.4. The second-order valence-electron chi connectivity index (χ2n) is 7.91. The molecule has 31 heavy (non-hydrogen) atoms. The van der Waals surface area contributed by atoms with Crippen molar-refractivity contribution in [2.45, 2.75) is 26.2 Å². The highest BCUT2D eigenvalue weighted by Gasteiger charge is 2.24. The largest absolute Gasteiger partial charge is 0.493 e. The van der Waals surface area contributed by atoms with Crippen LogP contribution in [0.25, 0.3) is 10.9 Å². The average molecular weight is 417 g/mol. The standard InChI is InChI=1S/C23H23N5O3/c1-13-20-15(11-18(26-13)23(30)28-8-2-3-9-28)21(16(12-25-20)22(24)29)27-17-5-4-6-19-14(17)7-10-31-19/h4-6,11-12H,2-3,7-10H2,1H3,(H2,24,29)(H,25,27). The van der Waals surface area contributed by atoms with Crippen LogP contribution in [0.3, 0.4) is 0 Å². The van der Waals surface area contributed by atoms with Gasteiger partial charge in [-0.25, -0.2) is 4.98 Å². The molecule has 2 aromatic heterocycles. The van der Waals surface area contributed by atoms with E-state index in [0.717, 1.165) is 49.4 Å². The summed E-state index contributed by atoms with van der Waals surface area (Å²) in [7, 11) is 0. The van der Waals surface area contributed by atoms with E-state index >= 15 is 0 Å². The highest BCUT2D eigenvalue weighted by atomic mass is 16.5. The summed E-state index contributed by atoms with van der Waals surface area (Å²) < 4.78 is 5.66. The SMILES string of the molecule is Cc1nc(C(=O)N2CCCC2)cc2c(Nc3cccc4c3CCO4)c(C(N)=O)cnc12. The lowest BCUT2D eigenvalue weighted by Crippen LogP contribution is -2.28. The van der Waals surface area contributed by atoms with E-state index in [1.54, 1.807) is 6.07 Å². The number of fused-ring (bicyclic) bond motifs is 2. The highest BCUT2D eigenvalue weighted by Crippen LogP contribution is 2.36. The number of amides is 2. The van der Waals surface area contributed by atoms with Gasteiger partial charge in [0.25, 0.3) is 11.8 Å². The molecule has 0 aliphatic carbocycles. The monoisotopic (exact) mass is 417 g/mol. The summed E-state index contributed by atoms with van der Waals surface area (Å²) in [4.78, 5) is 36.0. The number of primary amides is 1. The van der Waals surface area contributed by atoms with Crippen molar-refractivity contribution in [1.29, 1.82) is 0 Å². The third-order valence-corrected chi connectivity index (χ3v) is 5.91. The van der Waals surface area contributed by atoms with Crippen LogP contribution in [0.4, 0.5) is 11.4 Å². The number of hydrogen-bond acceptors (Lipinski definition) is 6. The summed E-state index contributed by atoms with van der Waals surface area (Å²) in [6.45, 7) is 3.90. The van der Waals surface area contributed by atoms with Gasteiger partial charge in [-0.15, -0.1) is 0 Å². The maximum atomic E-state index is 13.0. The lowest BCUT2D eigenvalue weighted by Gasteiger charge is -2.18. The van der Waals surface area contributed by atoms with Crippen LogP contribution < -0.4 is 15.8 Å². The molecule has 3 N–H and O–H groups in total. The molecular formula is C23H23N5O3. The van der Waals surface area contributed by atoms with Crippen molar-refractivity contribution in [2.75, 3.05) is 25.0 Å². The number of pyridine rings is 2. The van der Waals surface area contributed by atoms with E-state index in [4.69, 9.17) is 10.5 Å². The fourth-order valence-electron chi connectivity index (χ4n) is 4.34. The number of carbonyl (C=O) groups excluding carboxylic acids is 2. The van der Waals surface area contributed by atoms with Crippen molar-refractivity contribution in [3.8, 4) is 5.75 Å². The van der Waals surface area contributed by atoms with Crippen LogP contribution in [0.2, 0.25) is 0 Å². The number of nitrogens with one attached hydrogen (secondary N) is 1. The van der Waals surface area contributed by atoms with Crippen LogP contribution in [0.1, 0.15) is 44.9 Å². The molecule has 4 heterocycles. The summed E-state index contributed by atoms with van der Waals surface area (Å²) in [5, 5.41) is 4.03. The smallest absolute Gasteiger partial charge is 0.272 e. The summed E-state index contributed by atoms with van der Waals surface area (Å²) in [5.41, 5.74) is 9.93. The number of hydrogen-bond donors (Lipinski definition) is 2. The second-order valence-corrected chi connectivity index (χ2v) is 7.91. The third-order valence-electron chi connectivity index (χ3n) is 5.91. The van der Waals surface area contributed by atoms with Gasteiger partial charge in [-0.1, -0.05) is 6.07 Å². The summed E-state index contributed by atoms with van der Waals surface area (Å²) in [6, 6.07) is 7.47. The van der Waals surface area contributed by atoms with E-state index in [2.05, 4.69) is 15.3 Å². The number of aryl methyl sites for hydroxylation is 1. The molecule has 158 valence electrons. The molecule has 0 radical (unpaired) electrons. The zero-order chi connectivity index (χ0) is 21.5. The van der Waals surface area contributed by atoms with Crippen molar-refractivity contribution in [3.05, 3.63) is 53.0 Å². The Bertz CT molecular complexity index is 1220. The molecule has 8 nitrogen and oxygen atoms in total. The minimum absolute atomic E-state index is 0.105. The van der Waals surface area contributed by atoms with E-state index in [0.29, 0.717) is 34.6 Å². The van der Waals surface area contributed by atoms with E-state index in [1.165, 1.54) is 6.20 Å². The predicted octanol–water partition coefficient (Wildman–Crippen LogP) is 2.95. The van der Waals surface area contributed by atoms with Crippen LogP contribution in [0.5, 0.6) is 5.75 Å². The minimum Gasteiger partial charge on any atom is -0.493 e. The normalized spacial score (nSPS) is 15.1. The Labute approximate surface area is 179 Å². The van der Waals surface area contributed by atoms with Gasteiger partial charge in [0, 0.05) is 42.3 Å². The zero-order valence-electron chi connectivity index (χ0n) is 17.3. The predicted molar refractivity (Wildman–Crippen MR) is 117 cm³/mol. The number of nitrogens with two attached hydrogens (primary N) is 1. The van der Waals surface area contributed by atoms with Crippen LogP contribution >= 0.6 is 0 Å². The fraction of sp³-hybridized carbons (Fsp3) is 0.304. The highest BCUT2D eigenvalue weighted by molar-refractivity contribution is 6.09. The fourth-order valence-corrected chi connectivity index (χ4v) is 4.34. The Kier molecular flexibility index (Phi) is 4.69. The van der Waals surface area contributed by atoms with Crippen LogP contribution in [-0.2, 0) is 6.42 Å². The number of aromatic nitrogens is 2. The van der Waals surface area contributed by atoms with Gasteiger partial charge in [0.2, 0.25) is 0 Å². The van der Waals surface area contributed by atoms with Crippen LogP contribution in [0, 0.1) is 6.92 Å². The first-order chi connectivity index (χ1) is 15.0. The molecule has 3 aromatic rings. The maximum absolute atomic E-state index is 13.0. The molecule has 0 atom stereocenters. The molecule has 0 bridgehead atoms. The van der Waals surface area contributed by atoms with E-state index in [-0.39, 0.29) is 11.5 Å². The molecule has 0 saturated carbocycles. The number of ether oxygens (including phenoxy) is 1. The molecule has 1 aromatic carbocycles. The van der Waals surface area contributed by atoms with Gasteiger partial charge in [-0.05, 0) is 38.0 Å². The van der Waals surface area contributed by atoms with Gasteiger partial charge in [-0.2, -0.15) is 0 Å². The number of rotatable bonds is 4. The minimum atomic E-state index is -0.595. The average Bonchev–Trinajstić information content (AvgIpc) is 3.46. The van der Waals surface area contributed by atoms with Crippen molar-refractivity contribution in [2.24, 2.45) is 5.73 Å². The first kappa shape index (κ1) is 19.3. The first-order valence-corrected chi connectivity index (χ1v) is 10.4. The Morgan fingerprint density at radius 2 is 2.03 bits per heavy atom. The topological polar surface area (TPSA) is 110 Å². The lowest BCUT2D eigenvalue weighted by molar-refractivity contribution is 0.0787. The molecule has 2 aliphatic rings. The lowest BCUT2D eigenvalue weighted by atomic mass is 10.0. The van der Waals surface area contributed by atoms with Gasteiger partial charge in [0.05, 0.1) is 29.1 Å². The Balaban J connectivity index is 1.67. The number of benzene rings is 1. The van der Waals surface area contributed by atoms with Gasteiger partial charge in [-0.3, -0.25) is 14.6 Å². The number of likely N-dealkylation sites (tertiary alicyclic amines) is 1. The van der Waals surface area contributed by atoms with Crippen molar-refractivity contribution >= 4 is 34.1 Å². The van der Waals surface area contributed by atoms with Crippen LogP contribution in [-0.4, -0.2) is 46.4 Å². The molecule has 0 spiro atoms. The van der Waals surface area contributed by atoms with Crippen molar-refractivity contribution < 1.29 is 14.3 Å². The summed E-state index contributed by atoms with van der Waals surface area (Å²) in [6.07, 6.45) is 4.23. The van der Waals surface area contributed by atoms with Gasteiger partial charge in [0.1, 0.15) is 11.4 Å². The van der Waals surface area contributed by atoms with E-state index in [1.807, 2.05) is 30.0 Å². The number of nitrogens with zero attached hydrogens (tertiary/aromatic N) is 3. The molecule has 5 rings (SSSR count). The van der Waals surface area contributed by atoms with Gasteiger partial charge < -0.3 is 20.7 Å². The molecular weight excluding hydrogens is 394 g/mol. The second kappa shape index (κ2) is 7.54. The molecule has 0 unspecified atom stereocenters. The molecule has 1 fully saturated rings. The maximum Gasteiger partial charge on any atom is 0.272 e. The Morgan fingerprint density at radius 3 is 2.81 bits per heavy atom. The molecule has 2 amide bonds. The molecule has 8 heteroatoms. The quantitative estimate of drug-likeness (QED) is 0.675. The van der Waals surface area contributed by atoms with Crippen molar-refractivity contribution in [1.82, 2.24) is 14.9 Å².